The molecule has 0 amide bonds. The third kappa shape index (κ3) is 3.05. The number of fused-ring (bicyclic) bond motifs is 1. The summed E-state index contributed by atoms with van der Waals surface area (Å²) in [4.78, 5) is 0. The molecule has 0 unspecified atom stereocenters. The number of nitrogens with two attached hydrogens (primary N) is 1. The van der Waals surface area contributed by atoms with Crippen molar-refractivity contribution in [2.75, 3.05) is 19.8 Å². The lowest BCUT2D eigenvalue weighted by atomic mass is 9.84. The van der Waals surface area contributed by atoms with Crippen molar-refractivity contribution in [1.82, 2.24) is 10.2 Å². The Labute approximate surface area is 150 Å². The number of H-pyrrole nitrogens is 1. The van der Waals surface area contributed by atoms with Gasteiger partial charge in [-0.1, -0.05) is 6.07 Å². The second-order valence-corrected chi connectivity index (χ2v) is 5.70. The summed E-state index contributed by atoms with van der Waals surface area (Å²) in [6, 6.07) is 7.55. The molecule has 2 aromatic rings. The number of aliphatic hydroxyl groups excluding tert-OH is 1. The quantitative estimate of drug-likeness (QED) is 0.719. The monoisotopic (exact) mass is 356 g/mol. The van der Waals surface area contributed by atoms with Gasteiger partial charge in [0.1, 0.15) is 18.2 Å². The first-order valence-electron chi connectivity index (χ1n) is 8.23. The van der Waals surface area contributed by atoms with Crippen LogP contribution in [0, 0.1) is 18.3 Å². The number of aryl methyl sites for hydroxylation is 1. The minimum Gasteiger partial charge on any atom is -0.490 e. The molecule has 0 radical (unpaired) electrons. The van der Waals surface area contributed by atoms with Crippen LogP contribution in [-0.2, 0) is 0 Å². The van der Waals surface area contributed by atoms with Crippen LogP contribution in [0.4, 0.5) is 0 Å². The maximum absolute atomic E-state index is 9.61. The summed E-state index contributed by atoms with van der Waals surface area (Å²) in [7, 11) is 0. The zero-order valence-corrected chi connectivity index (χ0v) is 14.6. The molecule has 0 spiro atoms. The Balaban J connectivity index is 2.11. The van der Waals surface area contributed by atoms with Gasteiger partial charge in [0.05, 0.1) is 19.1 Å². The van der Waals surface area contributed by atoms with E-state index >= 15 is 0 Å². The van der Waals surface area contributed by atoms with Gasteiger partial charge in [-0.3, -0.25) is 5.10 Å². The fourth-order valence-corrected chi connectivity index (χ4v) is 2.98. The molecule has 1 aliphatic rings. The number of aromatic amines is 1. The second-order valence-electron chi connectivity index (χ2n) is 5.70. The van der Waals surface area contributed by atoms with E-state index in [0.717, 1.165) is 16.8 Å². The standard InChI is InChI=1S/C18H20N4O4/c1-3-24-14-8-11(4-5-13(14)25-7-6-23)16-12(9-19)17(20)26-18-15(16)10(2)21-22-18/h4-5,8,16,23H,3,6-7,20H2,1-2H3,(H,21,22)/t16-/m1/s1. The Morgan fingerprint density at radius 1 is 1.38 bits per heavy atom. The number of nitrogens with one attached hydrogen (secondary N) is 1. The van der Waals surface area contributed by atoms with Gasteiger partial charge in [-0.15, -0.1) is 5.10 Å². The fourth-order valence-electron chi connectivity index (χ4n) is 2.98. The summed E-state index contributed by atoms with van der Waals surface area (Å²) < 4.78 is 16.7. The summed E-state index contributed by atoms with van der Waals surface area (Å²) >= 11 is 0. The van der Waals surface area contributed by atoms with Gasteiger partial charge in [-0.25, -0.2) is 0 Å². The average molecular weight is 356 g/mol. The highest BCUT2D eigenvalue weighted by atomic mass is 16.5. The molecule has 2 heterocycles. The second kappa shape index (κ2) is 7.37. The van der Waals surface area contributed by atoms with Crippen molar-refractivity contribution in [1.29, 1.82) is 5.26 Å². The van der Waals surface area contributed by atoms with E-state index in [1.807, 2.05) is 26.0 Å². The van der Waals surface area contributed by atoms with Gasteiger partial charge in [-0.2, -0.15) is 5.26 Å². The lowest BCUT2D eigenvalue weighted by Crippen LogP contribution is -2.21. The molecule has 1 atom stereocenters. The van der Waals surface area contributed by atoms with Gasteiger partial charge in [0.25, 0.3) is 0 Å². The summed E-state index contributed by atoms with van der Waals surface area (Å²) in [5, 5.41) is 25.6. The minimum absolute atomic E-state index is 0.0371. The molecule has 26 heavy (non-hydrogen) atoms. The molecule has 4 N–H and O–H groups in total. The molecule has 1 aromatic carbocycles. The van der Waals surface area contributed by atoms with Crippen LogP contribution in [0.15, 0.2) is 29.7 Å². The largest absolute Gasteiger partial charge is 0.490 e. The zero-order valence-electron chi connectivity index (χ0n) is 14.6. The number of aromatic nitrogens is 2. The van der Waals surface area contributed by atoms with Crippen molar-refractivity contribution in [2.24, 2.45) is 5.73 Å². The molecule has 136 valence electrons. The topological polar surface area (TPSA) is 126 Å². The van der Waals surface area contributed by atoms with E-state index in [4.69, 9.17) is 25.1 Å². The molecule has 0 bridgehead atoms. The molecule has 1 aliphatic heterocycles. The van der Waals surface area contributed by atoms with Gasteiger partial charge >= 0.3 is 0 Å². The molecule has 0 saturated heterocycles. The number of hydrogen-bond acceptors (Lipinski definition) is 7. The van der Waals surface area contributed by atoms with E-state index in [2.05, 4.69) is 16.3 Å². The summed E-state index contributed by atoms with van der Waals surface area (Å²) in [5.74, 6) is 1.03. The van der Waals surface area contributed by atoms with Crippen molar-refractivity contribution in [2.45, 2.75) is 19.8 Å². The van der Waals surface area contributed by atoms with Gasteiger partial charge in [0.2, 0.25) is 11.8 Å². The lowest BCUT2D eigenvalue weighted by Gasteiger charge is -2.24. The third-order valence-corrected chi connectivity index (χ3v) is 4.08. The predicted octanol–water partition coefficient (Wildman–Crippen LogP) is 1.71. The number of nitrogens with zero attached hydrogens (tertiary/aromatic N) is 2. The number of hydrogen-bond donors (Lipinski definition) is 3. The first-order chi connectivity index (χ1) is 12.6. The number of rotatable bonds is 6. The van der Waals surface area contributed by atoms with E-state index in [0.29, 0.717) is 29.6 Å². The SMILES string of the molecule is CCOc1cc([C@@H]2C(C#N)=C(N)Oc3n[nH]c(C)c32)ccc1OCCO. The predicted molar refractivity (Wildman–Crippen MR) is 92.8 cm³/mol. The molecular weight excluding hydrogens is 336 g/mol. The molecule has 0 fully saturated rings. The zero-order chi connectivity index (χ0) is 18.7. The number of aliphatic hydroxyl groups is 1. The minimum atomic E-state index is -0.423. The molecular formula is C18H20N4O4. The first kappa shape index (κ1) is 17.6. The van der Waals surface area contributed by atoms with Crippen LogP contribution in [-0.4, -0.2) is 35.1 Å². The molecule has 8 heteroatoms. The first-order valence-corrected chi connectivity index (χ1v) is 8.23. The third-order valence-electron chi connectivity index (χ3n) is 4.08. The fraction of sp³-hybridized carbons (Fsp3) is 0.333. The van der Waals surface area contributed by atoms with E-state index in [-0.39, 0.29) is 19.1 Å². The van der Waals surface area contributed by atoms with Crippen LogP contribution in [0.2, 0.25) is 0 Å². The number of ether oxygens (including phenoxy) is 3. The van der Waals surface area contributed by atoms with Gasteiger partial charge in [0, 0.05) is 11.3 Å². The highest BCUT2D eigenvalue weighted by Gasteiger charge is 2.34. The molecule has 0 saturated carbocycles. The maximum Gasteiger partial charge on any atom is 0.244 e. The number of allylic oxidation sites excluding steroid dienone is 1. The van der Waals surface area contributed by atoms with Crippen LogP contribution >= 0.6 is 0 Å². The number of benzene rings is 1. The maximum atomic E-state index is 9.61. The lowest BCUT2D eigenvalue weighted by molar-refractivity contribution is 0.194. The molecule has 8 nitrogen and oxygen atoms in total. The summed E-state index contributed by atoms with van der Waals surface area (Å²) in [6.07, 6.45) is 0. The Bertz CT molecular complexity index is 882. The van der Waals surface area contributed by atoms with Crippen LogP contribution in [0.1, 0.15) is 29.7 Å². The summed E-state index contributed by atoms with van der Waals surface area (Å²) in [6.45, 7) is 4.25. The smallest absolute Gasteiger partial charge is 0.244 e. The average Bonchev–Trinajstić information content (AvgIpc) is 3.00. The molecule has 3 rings (SSSR count). The van der Waals surface area contributed by atoms with Gasteiger partial charge < -0.3 is 25.1 Å². The van der Waals surface area contributed by atoms with E-state index < -0.39 is 5.92 Å². The van der Waals surface area contributed by atoms with Crippen molar-refractivity contribution >= 4 is 0 Å². The Morgan fingerprint density at radius 3 is 2.88 bits per heavy atom. The van der Waals surface area contributed by atoms with E-state index in [1.165, 1.54) is 0 Å². The van der Waals surface area contributed by atoms with Crippen LogP contribution < -0.4 is 19.9 Å². The molecule has 1 aromatic heterocycles. The number of nitriles is 1. The molecule has 0 aliphatic carbocycles. The van der Waals surface area contributed by atoms with Crippen LogP contribution in [0.25, 0.3) is 0 Å². The highest BCUT2D eigenvalue weighted by molar-refractivity contribution is 5.57. The normalized spacial score (nSPS) is 15.8. The van der Waals surface area contributed by atoms with Crippen molar-refractivity contribution in [3.63, 3.8) is 0 Å². The van der Waals surface area contributed by atoms with E-state index in [9.17, 15) is 5.26 Å². The Hall–Kier alpha value is -3.18. The van der Waals surface area contributed by atoms with Gasteiger partial charge in [0.15, 0.2) is 11.5 Å². The van der Waals surface area contributed by atoms with Gasteiger partial charge in [-0.05, 0) is 31.5 Å². The highest BCUT2D eigenvalue weighted by Crippen LogP contribution is 2.44. The van der Waals surface area contributed by atoms with Crippen molar-refractivity contribution < 1.29 is 19.3 Å². The van der Waals surface area contributed by atoms with Crippen LogP contribution in [0.5, 0.6) is 17.4 Å². The van der Waals surface area contributed by atoms with Crippen molar-refractivity contribution in [3.8, 4) is 23.4 Å². The van der Waals surface area contributed by atoms with E-state index in [1.54, 1.807) is 6.07 Å². The van der Waals surface area contributed by atoms with Crippen molar-refractivity contribution in [3.05, 3.63) is 46.5 Å². The Morgan fingerprint density at radius 2 is 2.19 bits per heavy atom. The van der Waals surface area contributed by atoms with Crippen LogP contribution in [0.3, 0.4) is 0 Å². The Kier molecular flexibility index (Phi) is 5.00. The summed E-state index contributed by atoms with van der Waals surface area (Å²) in [5.41, 5.74) is 8.61.